The molecular formula is C9H13FNO+. The highest BCUT2D eigenvalue weighted by molar-refractivity contribution is 5.01. The second-order valence-corrected chi connectivity index (χ2v) is 4.77. The van der Waals surface area contributed by atoms with Crippen molar-refractivity contribution in [3.8, 4) is 0 Å². The van der Waals surface area contributed by atoms with Crippen LogP contribution in [0.2, 0.25) is 0 Å². The number of rotatable bonds is 0. The molecule has 3 unspecified atom stereocenters. The van der Waals surface area contributed by atoms with E-state index in [-0.39, 0.29) is 12.1 Å². The van der Waals surface area contributed by atoms with Crippen LogP contribution < -0.4 is 0 Å². The number of hydrogen-bond donors (Lipinski definition) is 0. The first-order valence-corrected chi connectivity index (χ1v) is 4.81. The summed E-state index contributed by atoms with van der Waals surface area (Å²) in [6.45, 7) is 0. The van der Waals surface area contributed by atoms with Crippen LogP contribution in [0.15, 0.2) is 0 Å². The first-order chi connectivity index (χ1) is 5.66. The van der Waals surface area contributed by atoms with Crippen LogP contribution in [-0.2, 0) is 0 Å². The molecule has 4 aliphatic rings. The van der Waals surface area contributed by atoms with E-state index in [0.717, 1.165) is 19.3 Å². The second-order valence-electron chi connectivity index (χ2n) is 4.77. The van der Waals surface area contributed by atoms with E-state index >= 15 is 0 Å². The fraction of sp³-hybridized carbons (Fsp3) is 1.00. The maximum Gasteiger partial charge on any atom is 0.205 e. The molecule has 4 bridgehead atoms. The third-order valence-electron chi connectivity index (χ3n) is 3.79. The van der Waals surface area contributed by atoms with Crippen LogP contribution in [0.25, 0.3) is 0 Å². The number of alkyl halides is 1. The molecule has 4 rings (SSSR count). The summed E-state index contributed by atoms with van der Waals surface area (Å²) in [5.74, 6) is 0.512. The fourth-order valence-corrected chi connectivity index (χ4v) is 3.50. The lowest BCUT2D eigenvalue weighted by Gasteiger charge is -2.46. The van der Waals surface area contributed by atoms with Gasteiger partial charge in [-0.3, -0.25) is 0 Å². The molecule has 4 fully saturated rings. The zero-order valence-electron chi connectivity index (χ0n) is 7.00. The SMILES string of the molecule is O=[N+]1C2CC3C[C@@H]1CC(F)(C3)C2. The maximum absolute atomic E-state index is 13.9. The summed E-state index contributed by atoms with van der Waals surface area (Å²) < 4.78 is 15.1. The monoisotopic (exact) mass is 170 g/mol. The predicted octanol–water partition coefficient (Wildman–Crippen LogP) is 1.82. The molecule has 2 heterocycles. The number of halogens is 1. The standard InChI is InChI=1S/C9H13FNO/c10-9-3-6-1-7(4-9)11(12)8(2-6)5-9/h6-8H,1-5H2/q+1/t6?,7-,8?,9?/m1/s1. The zero-order valence-corrected chi connectivity index (χ0v) is 7.00. The van der Waals surface area contributed by atoms with Gasteiger partial charge in [-0.1, -0.05) is 0 Å². The lowest BCUT2D eigenvalue weighted by atomic mass is 9.63. The van der Waals surface area contributed by atoms with Gasteiger partial charge in [-0.25, -0.2) is 4.39 Å². The Bertz CT molecular complexity index is 235. The lowest BCUT2D eigenvalue weighted by Crippen LogP contribution is -2.58. The van der Waals surface area contributed by atoms with Gasteiger partial charge in [0, 0.05) is 35.4 Å². The van der Waals surface area contributed by atoms with Crippen molar-refractivity contribution >= 4 is 0 Å². The molecule has 2 saturated heterocycles. The minimum Gasteiger partial charge on any atom is -0.243 e. The number of hydrogen-bond acceptors (Lipinski definition) is 1. The van der Waals surface area contributed by atoms with E-state index in [2.05, 4.69) is 0 Å². The molecule has 0 radical (unpaired) electrons. The van der Waals surface area contributed by atoms with Crippen molar-refractivity contribution in [3.05, 3.63) is 4.91 Å². The van der Waals surface area contributed by atoms with Crippen LogP contribution in [0.4, 0.5) is 4.39 Å². The van der Waals surface area contributed by atoms with E-state index in [0.29, 0.717) is 18.8 Å². The van der Waals surface area contributed by atoms with Crippen molar-refractivity contribution in [2.24, 2.45) is 5.92 Å². The largest absolute Gasteiger partial charge is 0.243 e. The van der Waals surface area contributed by atoms with E-state index in [9.17, 15) is 9.30 Å². The molecule has 0 amide bonds. The van der Waals surface area contributed by atoms with Gasteiger partial charge >= 0.3 is 0 Å². The highest BCUT2D eigenvalue weighted by Gasteiger charge is 2.60. The van der Waals surface area contributed by atoms with Crippen molar-refractivity contribution in [3.63, 3.8) is 0 Å². The number of nitrogens with zero attached hydrogens (tertiary/aromatic N) is 1. The minimum absolute atomic E-state index is 0.0150. The van der Waals surface area contributed by atoms with Crippen LogP contribution in [0.1, 0.15) is 32.1 Å². The second kappa shape index (κ2) is 1.88. The van der Waals surface area contributed by atoms with E-state index in [1.807, 2.05) is 0 Å². The average molecular weight is 170 g/mol. The molecule has 2 nitrogen and oxygen atoms in total. The third kappa shape index (κ3) is 0.744. The number of nitroso groups, excluding NO2 is 1. The van der Waals surface area contributed by atoms with E-state index in [1.165, 1.54) is 4.76 Å². The predicted molar refractivity (Wildman–Crippen MR) is 41.6 cm³/mol. The van der Waals surface area contributed by atoms with Gasteiger partial charge in [0.05, 0.1) is 0 Å². The van der Waals surface area contributed by atoms with Gasteiger partial charge in [-0.15, -0.1) is 0 Å². The molecule has 0 aromatic rings. The van der Waals surface area contributed by atoms with Crippen molar-refractivity contribution in [2.75, 3.05) is 0 Å². The van der Waals surface area contributed by atoms with Crippen molar-refractivity contribution in [2.45, 2.75) is 49.9 Å². The van der Waals surface area contributed by atoms with Crippen LogP contribution in [0.5, 0.6) is 0 Å². The van der Waals surface area contributed by atoms with Crippen LogP contribution >= 0.6 is 0 Å². The van der Waals surface area contributed by atoms with Crippen LogP contribution in [-0.4, -0.2) is 22.5 Å². The van der Waals surface area contributed by atoms with E-state index in [4.69, 9.17) is 0 Å². The molecule has 0 aromatic carbocycles. The summed E-state index contributed by atoms with van der Waals surface area (Å²) in [7, 11) is 0. The molecule has 3 heteroatoms. The van der Waals surface area contributed by atoms with Crippen molar-refractivity contribution < 1.29 is 9.15 Å². The fourth-order valence-electron chi connectivity index (χ4n) is 3.50. The van der Waals surface area contributed by atoms with Gasteiger partial charge in [0.25, 0.3) is 0 Å². The Labute approximate surface area is 70.7 Å². The smallest absolute Gasteiger partial charge is 0.205 e. The normalized spacial score (nSPS) is 56.4. The average Bonchev–Trinajstić information content (AvgIpc) is 1.96. The molecule has 66 valence electrons. The Kier molecular flexibility index (Phi) is 1.10. The molecule has 0 spiro atoms. The lowest BCUT2D eigenvalue weighted by molar-refractivity contribution is -0.657. The molecule has 12 heavy (non-hydrogen) atoms. The Morgan fingerprint density at radius 3 is 2.25 bits per heavy atom. The van der Waals surface area contributed by atoms with Gasteiger partial charge < -0.3 is 0 Å². The highest BCUT2D eigenvalue weighted by Crippen LogP contribution is 2.51. The molecular weight excluding hydrogens is 157 g/mol. The third-order valence-corrected chi connectivity index (χ3v) is 3.79. The van der Waals surface area contributed by atoms with E-state index in [1.54, 1.807) is 0 Å². The van der Waals surface area contributed by atoms with Gasteiger partial charge in [-0.05, 0) is 12.3 Å². The zero-order chi connectivity index (χ0) is 8.34. The molecule has 2 saturated carbocycles. The molecule has 0 N–H and O–H groups in total. The minimum atomic E-state index is -0.961. The summed E-state index contributed by atoms with van der Waals surface area (Å²) >= 11 is 0. The first kappa shape index (κ1) is 6.98. The quantitative estimate of drug-likeness (QED) is 0.508. The summed E-state index contributed by atoms with van der Waals surface area (Å²) in [5, 5.41) is 0. The van der Waals surface area contributed by atoms with Crippen molar-refractivity contribution in [1.82, 2.24) is 0 Å². The van der Waals surface area contributed by atoms with Gasteiger partial charge in [0.15, 0.2) is 0 Å². The van der Waals surface area contributed by atoms with E-state index < -0.39 is 5.67 Å². The Morgan fingerprint density at radius 2 is 1.75 bits per heavy atom. The Balaban J connectivity index is 2.00. The van der Waals surface area contributed by atoms with Gasteiger partial charge in [0.2, 0.25) is 12.1 Å². The molecule has 2 aliphatic carbocycles. The van der Waals surface area contributed by atoms with Crippen LogP contribution in [0.3, 0.4) is 0 Å². The summed E-state index contributed by atoms with van der Waals surface area (Å²) in [6.07, 6.45) is 3.64. The first-order valence-electron chi connectivity index (χ1n) is 4.81. The molecule has 0 aromatic heterocycles. The summed E-state index contributed by atoms with van der Waals surface area (Å²) in [4.78, 5) is 11.5. The Morgan fingerprint density at radius 1 is 1.17 bits per heavy atom. The Hall–Kier alpha value is -0.470. The number of piperidine rings is 2. The summed E-state index contributed by atoms with van der Waals surface area (Å²) in [6, 6.07) is 0.0301. The topological polar surface area (TPSA) is 20.1 Å². The van der Waals surface area contributed by atoms with Crippen LogP contribution in [0, 0.1) is 10.8 Å². The van der Waals surface area contributed by atoms with Gasteiger partial charge in [0.1, 0.15) is 5.67 Å². The maximum atomic E-state index is 13.9. The van der Waals surface area contributed by atoms with Gasteiger partial charge in [-0.2, -0.15) is 0 Å². The molecule has 4 atom stereocenters. The summed E-state index contributed by atoms with van der Waals surface area (Å²) in [5.41, 5.74) is -0.961. The highest BCUT2D eigenvalue weighted by atomic mass is 19.1. The molecule has 2 aliphatic heterocycles. The van der Waals surface area contributed by atoms with Crippen molar-refractivity contribution in [1.29, 1.82) is 0 Å².